The van der Waals surface area contributed by atoms with Crippen molar-refractivity contribution in [2.24, 2.45) is 5.92 Å². The molecular weight excluding hydrogens is 286 g/mol. The summed E-state index contributed by atoms with van der Waals surface area (Å²) in [6.45, 7) is 0. The lowest BCUT2D eigenvalue weighted by atomic mass is 10.0. The Labute approximate surface area is 129 Å². The number of aliphatic carboxylic acids is 1. The van der Waals surface area contributed by atoms with Gasteiger partial charge >= 0.3 is 5.97 Å². The van der Waals surface area contributed by atoms with Gasteiger partial charge in [0.05, 0.1) is 12.5 Å². The summed E-state index contributed by atoms with van der Waals surface area (Å²) in [5, 5.41) is 11.9. The first-order valence-electron chi connectivity index (χ1n) is 7.23. The molecule has 0 saturated heterocycles. The molecule has 1 atom stereocenters. The van der Waals surface area contributed by atoms with Gasteiger partial charge in [0.25, 0.3) is 0 Å². The molecule has 1 amide bonds. The highest BCUT2D eigenvalue weighted by Gasteiger charge is 2.23. The number of thioether (sulfide) groups is 1. The summed E-state index contributed by atoms with van der Waals surface area (Å²) < 4.78 is 0. The van der Waals surface area contributed by atoms with Crippen LogP contribution in [-0.2, 0) is 9.59 Å². The fourth-order valence-electron chi connectivity index (χ4n) is 2.27. The monoisotopic (exact) mass is 307 g/mol. The van der Waals surface area contributed by atoms with E-state index in [-0.39, 0.29) is 12.3 Å². The Bertz CT molecular complexity index is 497. The largest absolute Gasteiger partial charge is 0.481 e. The Kier molecular flexibility index (Phi) is 5.67. The molecule has 21 heavy (non-hydrogen) atoms. The fourth-order valence-corrected chi connectivity index (χ4v) is 2.68. The summed E-state index contributed by atoms with van der Waals surface area (Å²) in [5.74, 6) is -0.256. The molecule has 1 aliphatic carbocycles. The molecule has 5 heteroatoms. The molecular formula is C16H21NO3S. The van der Waals surface area contributed by atoms with Crippen molar-refractivity contribution in [3.05, 3.63) is 29.8 Å². The lowest BCUT2D eigenvalue weighted by molar-refractivity contribution is -0.137. The van der Waals surface area contributed by atoms with Crippen molar-refractivity contribution in [3.63, 3.8) is 0 Å². The normalized spacial score (nSPS) is 15.5. The van der Waals surface area contributed by atoms with Crippen molar-refractivity contribution in [2.75, 3.05) is 6.26 Å². The van der Waals surface area contributed by atoms with Gasteiger partial charge in [-0.05, 0) is 36.3 Å². The zero-order valence-electron chi connectivity index (χ0n) is 12.2. The van der Waals surface area contributed by atoms with Crippen LogP contribution in [0.4, 0.5) is 0 Å². The van der Waals surface area contributed by atoms with E-state index in [4.69, 9.17) is 5.11 Å². The lowest BCUT2D eigenvalue weighted by Gasteiger charge is -2.18. The number of hydrogen-bond donors (Lipinski definition) is 2. The van der Waals surface area contributed by atoms with Crippen LogP contribution in [0.15, 0.2) is 29.2 Å². The van der Waals surface area contributed by atoms with Gasteiger partial charge in [-0.15, -0.1) is 11.8 Å². The molecule has 0 spiro atoms. The van der Waals surface area contributed by atoms with Crippen molar-refractivity contribution in [1.29, 1.82) is 0 Å². The van der Waals surface area contributed by atoms with Gasteiger partial charge in [-0.3, -0.25) is 9.59 Å². The fraction of sp³-hybridized carbons (Fsp3) is 0.500. The molecule has 1 unspecified atom stereocenters. The SMILES string of the molecule is CSc1ccc(C(CC(=O)O)NC(=O)CCC2CC2)cc1. The van der Waals surface area contributed by atoms with Gasteiger partial charge in [0.2, 0.25) is 5.91 Å². The topological polar surface area (TPSA) is 66.4 Å². The Hall–Kier alpha value is -1.49. The second-order valence-electron chi connectivity index (χ2n) is 5.47. The van der Waals surface area contributed by atoms with Crippen LogP contribution in [0.25, 0.3) is 0 Å². The van der Waals surface area contributed by atoms with Gasteiger partial charge in [-0.2, -0.15) is 0 Å². The van der Waals surface area contributed by atoms with Crippen LogP contribution < -0.4 is 5.32 Å². The minimum atomic E-state index is -0.906. The number of benzene rings is 1. The minimum Gasteiger partial charge on any atom is -0.481 e. The second-order valence-corrected chi connectivity index (χ2v) is 6.35. The predicted molar refractivity (Wildman–Crippen MR) is 83.3 cm³/mol. The number of carboxylic acid groups (broad SMARTS) is 1. The van der Waals surface area contributed by atoms with Gasteiger partial charge in [0.15, 0.2) is 0 Å². The zero-order chi connectivity index (χ0) is 15.2. The number of hydrogen-bond acceptors (Lipinski definition) is 3. The average molecular weight is 307 g/mol. The number of rotatable bonds is 8. The number of carbonyl (C=O) groups is 2. The Morgan fingerprint density at radius 2 is 2.00 bits per heavy atom. The lowest BCUT2D eigenvalue weighted by Crippen LogP contribution is -2.30. The predicted octanol–water partition coefficient (Wildman–Crippen LogP) is 3.23. The van der Waals surface area contributed by atoms with E-state index >= 15 is 0 Å². The minimum absolute atomic E-state index is 0.0536. The maximum atomic E-state index is 12.0. The highest BCUT2D eigenvalue weighted by molar-refractivity contribution is 7.98. The number of carboxylic acids is 1. The molecule has 0 heterocycles. The van der Waals surface area contributed by atoms with E-state index in [1.165, 1.54) is 12.8 Å². The van der Waals surface area contributed by atoms with Crippen molar-refractivity contribution >= 4 is 23.6 Å². The number of amides is 1. The van der Waals surface area contributed by atoms with Crippen LogP contribution in [0.3, 0.4) is 0 Å². The van der Waals surface area contributed by atoms with Crippen molar-refractivity contribution in [3.8, 4) is 0 Å². The average Bonchev–Trinajstić information content (AvgIpc) is 3.28. The molecule has 1 fully saturated rings. The van der Waals surface area contributed by atoms with Gasteiger partial charge < -0.3 is 10.4 Å². The van der Waals surface area contributed by atoms with Crippen LogP contribution in [-0.4, -0.2) is 23.2 Å². The molecule has 1 aromatic rings. The van der Waals surface area contributed by atoms with E-state index in [0.29, 0.717) is 12.3 Å². The molecule has 114 valence electrons. The highest BCUT2D eigenvalue weighted by atomic mass is 32.2. The van der Waals surface area contributed by atoms with Crippen LogP contribution in [0.5, 0.6) is 0 Å². The third kappa shape index (κ3) is 5.42. The van der Waals surface area contributed by atoms with Crippen molar-refractivity contribution < 1.29 is 14.7 Å². The molecule has 0 aromatic heterocycles. The quantitative estimate of drug-likeness (QED) is 0.724. The summed E-state index contributed by atoms with van der Waals surface area (Å²) in [6.07, 6.45) is 5.75. The first kappa shape index (κ1) is 15.9. The van der Waals surface area contributed by atoms with Gasteiger partial charge in [0, 0.05) is 11.3 Å². The number of carbonyl (C=O) groups excluding carboxylic acids is 1. The van der Waals surface area contributed by atoms with Crippen LogP contribution in [0.2, 0.25) is 0 Å². The first-order valence-corrected chi connectivity index (χ1v) is 8.46. The van der Waals surface area contributed by atoms with Crippen molar-refractivity contribution in [2.45, 2.75) is 43.0 Å². The maximum absolute atomic E-state index is 12.0. The molecule has 1 aromatic carbocycles. The van der Waals surface area contributed by atoms with Crippen LogP contribution in [0, 0.1) is 5.92 Å². The van der Waals surface area contributed by atoms with E-state index in [1.807, 2.05) is 30.5 Å². The molecule has 1 aliphatic rings. The van der Waals surface area contributed by atoms with Gasteiger partial charge in [-0.1, -0.05) is 25.0 Å². The smallest absolute Gasteiger partial charge is 0.305 e. The molecule has 0 bridgehead atoms. The summed E-state index contributed by atoms with van der Waals surface area (Å²) in [4.78, 5) is 24.1. The van der Waals surface area contributed by atoms with E-state index in [1.54, 1.807) is 11.8 Å². The maximum Gasteiger partial charge on any atom is 0.305 e. The molecule has 2 rings (SSSR count). The van der Waals surface area contributed by atoms with E-state index < -0.39 is 12.0 Å². The third-order valence-corrected chi connectivity index (χ3v) is 4.45. The summed E-state index contributed by atoms with van der Waals surface area (Å²) in [6, 6.07) is 7.22. The standard InChI is InChI=1S/C16H21NO3S/c1-21-13-7-5-12(6-8-13)14(10-16(19)20)17-15(18)9-4-11-2-3-11/h5-8,11,14H,2-4,9-10H2,1H3,(H,17,18)(H,19,20). The zero-order valence-corrected chi connectivity index (χ0v) is 13.0. The molecule has 2 N–H and O–H groups in total. The van der Waals surface area contributed by atoms with E-state index in [9.17, 15) is 9.59 Å². The van der Waals surface area contributed by atoms with E-state index in [2.05, 4.69) is 5.32 Å². The Morgan fingerprint density at radius 1 is 1.33 bits per heavy atom. The molecule has 1 saturated carbocycles. The van der Waals surface area contributed by atoms with Crippen LogP contribution in [0.1, 0.15) is 43.7 Å². The van der Waals surface area contributed by atoms with Crippen LogP contribution >= 0.6 is 11.8 Å². The van der Waals surface area contributed by atoms with Crippen molar-refractivity contribution in [1.82, 2.24) is 5.32 Å². The first-order chi connectivity index (χ1) is 10.1. The van der Waals surface area contributed by atoms with E-state index in [0.717, 1.165) is 16.9 Å². The number of nitrogens with one attached hydrogen (secondary N) is 1. The Balaban J connectivity index is 1.97. The molecule has 4 nitrogen and oxygen atoms in total. The summed E-state index contributed by atoms with van der Waals surface area (Å²) in [5.41, 5.74) is 0.843. The Morgan fingerprint density at radius 3 is 2.52 bits per heavy atom. The van der Waals surface area contributed by atoms with Gasteiger partial charge in [0.1, 0.15) is 0 Å². The second kappa shape index (κ2) is 7.50. The summed E-state index contributed by atoms with van der Waals surface area (Å²) >= 11 is 1.63. The highest BCUT2D eigenvalue weighted by Crippen LogP contribution is 2.33. The third-order valence-electron chi connectivity index (χ3n) is 3.71. The molecule has 0 aliphatic heterocycles. The molecule has 0 radical (unpaired) electrons. The summed E-state index contributed by atoms with van der Waals surface area (Å²) in [7, 11) is 0. The van der Waals surface area contributed by atoms with Gasteiger partial charge in [-0.25, -0.2) is 0 Å².